The summed E-state index contributed by atoms with van der Waals surface area (Å²) in [6.07, 6.45) is 5.04. The second-order valence-electron chi connectivity index (χ2n) is 5.65. The number of nitrogens with zero attached hydrogens (tertiary/aromatic N) is 3. The quantitative estimate of drug-likeness (QED) is 0.441. The first-order valence-electron chi connectivity index (χ1n) is 7.42. The Balaban J connectivity index is 1.97. The number of hydrogen-bond acceptors (Lipinski definition) is 6. The summed E-state index contributed by atoms with van der Waals surface area (Å²) in [5, 5.41) is 14.8. The summed E-state index contributed by atoms with van der Waals surface area (Å²) < 4.78 is 6.83. The Bertz CT molecular complexity index is 993. The molecule has 0 fully saturated rings. The van der Waals surface area contributed by atoms with E-state index in [0.717, 1.165) is 0 Å². The van der Waals surface area contributed by atoms with Crippen LogP contribution in [0.25, 0.3) is 5.65 Å². The maximum Gasteiger partial charge on any atom is 0.312 e. The molecule has 2 aromatic heterocycles. The number of phenolic OH excluding ortho intramolecular Hbond substituents is 1. The zero-order valence-electron chi connectivity index (χ0n) is 12.8. The third kappa shape index (κ3) is 2.05. The van der Waals surface area contributed by atoms with E-state index < -0.39 is 11.9 Å². The molecule has 1 N–H and O–H groups in total. The number of hydrogen-bond donors (Lipinski definition) is 1. The van der Waals surface area contributed by atoms with Crippen LogP contribution >= 0.6 is 0 Å². The van der Waals surface area contributed by atoms with Gasteiger partial charge in [0.1, 0.15) is 11.5 Å². The van der Waals surface area contributed by atoms with Crippen LogP contribution in [0.4, 0.5) is 0 Å². The van der Waals surface area contributed by atoms with Crippen molar-refractivity contribution in [2.75, 3.05) is 0 Å². The van der Waals surface area contributed by atoms with Crippen LogP contribution in [0.1, 0.15) is 40.7 Å². The highest BCUT2D eigenvalue weighted by Gasteiger charge is 2.34. The third-order valence-corrected chi connectivity index (χ3v) is 4.18. The van der Waals surface area contributed by atoms with E-state index in [1.165, 1.54) is 19.1 Å². The Hall–Kier alpha value is -3.22. The minimum Gasteiger partial charge on any atom is -0.507 e. The van der Waals surface area contributed by atoms with Gasteiger partial charge in [-0.25, -0.2) is 9.50 Å². The Morgan fingerprint density at radius 3 is 3.04 bits per heavy atom. The standard InChI is InChI=1S/C17H13N3O4/c1-9(21)10-3-4-13-15(16(10)23)11(7-14(22)24-13)12-8-19-20-6-2-5-18-17(12)20/h2-6,8,11,23H,7H2,1H3. The van der Waals surface area contributed by atoms with Crippen molar-refractivity contribution in [1.29, 1.82) is 0 Å². The van der Waals surface area contributed by atoms with Crippen LogP contribution in [-0.4, -0.2) is 31.5 Å². The molecule has 3 aromatic rings. The van der Waals surface area contributed by atoms with E-state index in [4.69, 9.17) is 4.74 Å². The number of phenols is 1. The molecule has 1 aromatic carbocycles. The molecule has 1 aliphatic rings. The summed E-state index contributed by atoms with van der Waals surface area (Å²) in [5.74, 6) is -1.04. The van der Waals surface area contributed by atoms with Crippen molar-refractivity contribution in [2.24, 2.45) is 0 Å². The predicted molar refractivity (Wildman–Crippen MR) is 83.2 cm³/mol. The van der Waals surface area contributed by atoms with Gasteiger partial charge in [0.25, 0.3) is 0 Å². The summed E-state index contributed by atoms with van der Waals surface area (Å²) in [7, 11) is 0. The number of carbonyl (C=O) groups excluding carboxylic acids is 2. The lowest BCUT2D eigenvalue weighted by molar-refractivity contribution is -0.135. The Morgan fingerprint density at radius 2 is 2.25 bits per heavy atom. The van der Waals surface area contributed by atoms with Crippen LogP contribution in [-0.2, 0) is 4.79 Å². The lowest BCUT2D eigenvalue weighted by Crippen LogP contribution is -2.21. The fourth-order valence-electron chi connectivity index (χ4n) is 3.09. The Kier molecular flexibility index (Phi) is 3.09. The summed E-state index contributed by atoms with van der Waals surface area (Å²) in [6, 6.07) is 4.74. The van der Waals surface area contributed by atoms with Crippen LogP contribution in [0.5, 0.6) is 11.5 Å². The predicted octanol–water partition coefficient (Wildman–Crippen LogP) is 2.08. The number of Topliss-reactive ketones (excluding diaryl/α,β-unsaturated/α-hetero) is 1. The van der Waals surface area contributed by atoms with Crippen LogP contribution in [0.3, 0.4) is 0 Å². The van der Waals surface area contributed by atoms with E-state index in [1.807, 2.05) is 0 Å². The molecule has 24 heavy (non-hydrogen) atoms. The van der Waals surface area contributed by atoms with E-state index in [1.54, 1.807) is 29.2 Å². The summed E-state index contributed by atoms with van der Waals surface area (Å²) in [5.41, 5.74) is 1.91. The maximum absolute atomic E-state index is 12.0. The molecule has 0 bridgehead atoms. The fraction of sp³-hybridized carbons (Fsp3) is 0.176. The Morgan fingerprint density at radius 1 is 1.42 bits per heavy atom. The molecule has 0 aliphatic carbocycles. The molecular weight excluding hydrogens is 310 g/mol. The maximum atomic E-state index is 12.0. The van der Waals surface area contributed by atoms with E-state index in [9.17, 15) is 14.7 Å². The molecule has 0 saturated carbocycles. The number of carbonyl (C=O) groups is 2. The molecule has 0 saturated heterocycles. The van der Waals surface area contributed by atoms with Gasteiger partial charge in [0.2, 0.25) is 0 Å². The zero-order valence-corrected chi connectivity index (χ0v) is 12.8. The molecule has 1 atom stereocenters. The number of esters is 1. The molecule has 0 spiro atoms. The van der Waals surface area contributed by atoms with Crippen molar-refractivity contribution in [3.05, 3.63) is 53.5 Å². The highest BCUT2D eigenvalue weighted by atomic mass is 16.5. The van der Waals surface area contributed by atoms with Crippen LogP contribution in [0, 0.1) is 0 Å². The van der Waals surface area contributed by atoms with Crippen molar-refractivity contribution in [3.8, 4) is 11.5 Å². The van der Waals surface area contributed by atoms with Crippen molar-refractivity contribution in [2.45, 2.75) is 19.3 Å². The van der Waals surface area contributed by atoms with Gasteiger partial charge in [-0.3, -0.25) is 9.59 Å². The first-order chi connectivity index (χ1) is 11.6. The molecule has 7 nitrogen and oxygen atoms in total. The van der Waals surface area contributed by atoms with E-state index >= 15 is 0 Å². The Labute approximate surface area is 136 Å². The van der Waals surface area contributed by atoms with Gasteiger partial charge < -0.3 is 9.84 Å². The molecule has 4 rings (SSSR count). The van der Waals surface area contributed by atoms with Gasteiger partial charge in [0, 0.05) is 29.4 Å². The van der Waals surface area contributed by atoms with Crippen LogP contribution in [0.2, 0.25) is 0 Å². The minimum atomic E-state index is -0.479. The number of aromatic hydroxyl groups is 1. The number of rotatable bonds is 2. The molecule has 7 heteroatoms. The normalized spacial score (nSPS) is 16.7. The van der Waals surface area contributed by atoms with Gasteiger partial charge in [0.05, 0.1) is 18.2 Å². The second kappa shape index (κ2) is 5.16. The van der Waals surface area contributed by atoms with Crippen molar-refractivity contribution >= 4 is 17.4 Å². The van der Waals surface area contributed by atoms with Gasteiger partial charge >= 0.3 is 5.97 Å². The summed E-state index contributed by atoms with van der Waals surface area (Å²) >= 11 is 0. The number of aromatic nitrogens is 3. The van der Waals surface area contributed by atoms with E-state index in [0.29, 0.717) is 16.8 Å². The first kappa shape index (κ1) is 14.4. The van der Waals surface area contributed by atoms with Gasteiger partial charge in [-0.1, -0.05) is 0 Å². The summed E-state index contributed by atoms with van der Waals surface area (Å²) in [6.45, 7) is 1.38. The third-order valence-electron chi connectivity index (χ3n) is 4.18. The number of ether oxygens (including phenoxy) is 1. The lowest BCUT2D eigenvalue weighted by Gasteiger charge is -2.25. The van der Waals surface area contributed by atoms with Crippen molar-refractivity contribution < 1.29 is 19.4 Å². The molecule has 1 aliphatic heterocycles. The minimum absolute atomic E-state index is 0.0415. The van der Waals surface area contributed by atoms with E-state index in [-0.39, 0.29) is 29.3 Å². The molecule has 0 radical (unpaired) electrons. The molecule has 1 unspecified atom stereocenters. The number of fused-ring (bicyclic) bond motifs is 2. The number of benzene rings is 1. The SMILES string of the molecule is CC(=O)c1ccc2c(c1O)C(c1cnn3cccnc13)CC(=O)O2. The largest absolute Gasteiger partial charge is 0.507 e. The monoisotopic (exact) mass is 323 g/mol. The molecule has 3 heterocycles. The van der Waals surface area contributed by atoms with Crippen molar-refractivity contribution in [3.63, 3.8) is 0 Å². The van der Waals surface area contributed by atoms with Gasteiger partial charge in [-0.05, 0) is 25.1 Å². The zero-order chi connectivity index (χ0) is 16.8. The van der Waals surface area contributed by atoms with Gasteiger partial charge in [0.15, 0.2) is 11.4 Å². The first-order valence-corrected chi connectivity index (χ1v) is 7.42. The highest BCUT2D eigenvalue weighted by Crippen LogP contribution is 2.45. The van der Waals surface area contributed by atoms with E-state index in [2.05, 4.69) is 10.1 Å². The average molecular weight is 323 g/mol. The van der Waals surface area contributed by atoms with Gasteiger partial charge in [-0.15, -0.1) is 0 Å². The lowest BCUT2D eigenvalue weighted by atomic mass is 9.85. The van der Waals surface area contributed by atoms with Gasteiger partial charge in [-0.2, -0.15) is 5.10 Å². The second-order valence-corrected chi connectivity index (χ2v) is 5.65. The summed E-state index contributed by atoms with van der Waals surface area (Å²) in [4.78, 5) is 28.0. The molecular formula is C17H13N3O4. The average Bonchev–Trinajstić information content (AvgIpc) is 2.97. The smallest absolute Gasteiger partial charge is 0.312 e. The molecule has 0 amide bonds. The topological polar surface area (TPSA) is 93.8 Å². The van der Waals surface area contributed by atoms with Crippen molar-refractivity contribution in [1.82, 2.24) is 14.6 Å². The molecule has 120 valence electrons. The van der Waals surface area contributed by atoms with Crippen LogP contribution in [0.15, 0.2) is 36.8 Å². The fourth-order valence-corrected chi connectivity index (χ4v) is 3.09. The van der Waals surface area contributed by atoms with Crippen LogP contribution < -0.4 is 4.74 Å². The highest BCUT2D eigenvalue weighted by molar-refractivity contribution is 5.98. The number of ketones is 1.